The van der Waals surface area contributed by atoms with Crippen LogP contribution in [0.2, 0.25) is 5.02 Å². The van der Waals surface area contributed by atoms with Gasteiger partial charge in [0.1, 0.15) is 10.7 Å². The highest BCUT2D eigenvalue weighted by Gasteiger charge is 2.23. The zero-order valence-corrected chi connectivity index (χ0v) is 17.4. The van der Waals surface area contributed by atoms with E-state index < -0.39 is 21.4 Å². The molecule has 9 heteroatoms. The number of hydrogen-bond acceptors (Lipinski definition) is 3. The zero-order valence-electron chi connectivity index (χ0n) is 14.2. The Morgan fingerprint density at radius 1 is 1.27 bits per heavy atom. The van der Waals surface area contributed by atoms with E-state index in [0.717, 1.165) is 0 Å². The first-order valence-corrected chi connectivity index (χ1v) is 10.3. The highest BCUT2D eigenvalue weighted by Crippen LogP contribution is 2.36. The first kappa shape index (κ1) is 19.3. The first-order chi connectivity index (χ1) is 12.0. The minimum atomic E-state index is -3.67. The molecule has 3 rings (SSSR count). The Kier molecular flexibility index (Phi) is 4.89. The van der Waals surface area contributed by atoms with Crippen LogP contribution < -0.4 is 4.72 Å². The quantitative estimate of drug-likeness (QED) is 0.586. The molecular formula is C17H16BrClFN3O2S. The molecule has 0 saturated carbocycles. The molecule has 0 fully saturated rings. The molecule has 0 aliphatic heterocycles. The molecule has 2 N–H and O–H groups in total. The van der Waals surface area contributed by atoms with Gasteiger partial charge >= 0.3 is 0 Å². The Hall–Kier alpha value is -1.48. The third kappa shape index (κ3) is 3.78. The van der Waals surface area contributed by atoms with E-state index in [1.165, 1.54) is 18.3 Å². The monoisotopic (exact) mass is 459 g/mol. The standard InChI is InChI=1S/C17H16BrClFN3O2S/c1-17(2,3)23-26(24,25)9-4-5-13(21-8-9)16-15(19)10-6-12(20)11(18)7-14(10)22-16/h4-8,22-23H,1-3H3. The highest BCUT2D eigenvalue weighted by atomic mass is 79.9. The molecule has 0 aliphatic carbocycles. The minimum Gasteiger partial charge on any atom is -0.352 e. The van der Waals surface area contributed by atoms with Crippen LogP contribution in [0.3, 0.4) is 0 Å². The zero-order chi connectivity index (χ0) is 19.3. The summed E-state index contributed by atoms with van der Waals surface area (Å²) in [5.74, 6) is -0.424. The van der Waals surface area contributed by atoms with Crippen molar-refractivity contribution in [2.45, 2.75) is 31.2 Å². The fourth-order valence-corrected chi connectivity index (χ4v) is 4.49. The molecule has 138 valence electrons. The minimum absolute atomic E-state index is 0.0530. The Labute approximate surface area is 164 Å². The van der Waals surface area contributed by atoms with E-state index in [1.54, 1.807) is 32.9 Å². The average Bonchev–Trinajstić information content (AvgIpc) is 2.82. The summed E-state index contributed by atoms with van der Waals surface area (Å²) in [5, 5.41) is 0.845. The van der Waals surface area contributed by atoms with Crippen molar-refractivity contribution in [2.24, 2.45) is 0 Å². The lowest BCUT2D eigenvalue weighted by Gasteiger charge is -2.20. The van der Waals surface area contributed by atoms with Crippen LogP contribution in [0.25, 0.3) is 22.3 Å². The summed E-state index contributed by atoms with van der Waals surface area (Å²) in [4.78, 5) is 7.35. The van der Waals surface area contributed by atoms with Gasteiger partial charge in [-0.05, 0) is 61.0 Å². The number of nitrogens with zero attached hydrogens (tertiary/aromatic N) is 1. The maximum absolute atomic E-state index is 13.8. The summed E-state index contributed by atoms with van der Waals surface area (Å²) in [6.45, 7) is 5.27. The van der Waals surface area contributed by atoms with E-state index in [1.807, 2.05) is 0 Å². The third-order valence-corrected chi connectivity index (χ3v) is 6.26. The first-order valence-electron chi connectivity index (χ1n) is 7.64. The molecule has 0 unspecified atom stereocenters. The molecule has 0 atom stereocenters. The van der Waals surface area contributed by atoms with Gasteiger partial charge in [0.2, 0.25) is 10.0 Å². The molecule has 0 spiro atoms. The summed E-state index contributed by atoms with van der Waals surface area (Å²) >= 11 is 9.48. The van der Waals surface area contributed by atoms with Gasteiger partial charge in [-0.25, -0.2) is 17.5 Å². The number of aromatic amines is 1. The molecule has 3 aromatic rings. The van der Waals surface area contributed by atoms with Crippen molar-refractivity contribution in [3.63, 3.8) is 0 Å². The van der Waals surface area contributed by atoms with Gasteiger partial charge in [-0.1, -0.05) is 11.6 Å². The highest BCUT2D eigenvalue weighted by molar-refractivity contribution is 9.10. The number of rotatable bonds is 3. The lowest BCUT2D eigenvalue weighted by molar-refractivity contribution is 0.491. The topological polar surface area (TPSA) is 74.8 Å². The van der Waals surface area contributed by atoms with Crippen LogP contribution in [0, 0.1) is 5.82 Å². The van der Waals surface area contributed by atoms with Crippen molar-refractivity contribution in [3.8, 4) is 11.4 Å². The molecule has 5 nitrogen and oxygen atoms in total. The van der Waals surface area contributed by atoms with Crippen molar-refractivity contribution < 1.29 is 12.8 Å². The number of nitrogens with one attached hydrogen (secondary N) is 2. The maximum Gasteiger partial charge on any atom is 0.242 e. The van der Waals surface area contributed by atoms with Crippen molar-refractivity contribution in [1.29, 1.82) is 0 Å². The molecule has 0 radical (unpaired) electrons. The molecule has 0 saturated heterocycles. The van der Waals surface area contributed by atoms with Gasteiger partial charge < -0.3 is 4.98 Å². The SMILES string of the molecule is CC(C)(C)NS(=O)(=O)c1ccc(-c2[nH]c3cc(Br)c(F)cc3c2Cl)nc1. The third-order valence-electron chi connectivity index (χ3n) is 3.52. The summed E-state index contributed by atoms with van der Waals surface area (Å²) in [5.41, 5.74) is 0.991. The predicted molar refractivity (Wildman–Crippen MR) is 104 cm³/mol. The van der Waals surface area contributed by atoms with Crippen LogP contribution in [-0.2, 0) is 10.0 Å². The van der Waals surface area contributed by atoms with E-state index in [0.29, 0.717) is 31.8 Å². The second-order valence-electron chi connectivity index (χ2n) is 6.86. The number of benzene rings is 1. The lowest BCUT2D eigenvalue weighted by Crippen LogP contribution is -2.40. The van der Waals surface area contributed by atoms with E-state index in [4.69, 9.17) is 11.6 Å². The molecule has 2 aromatic heterocycles. The molecule has 0 bridgehead atoms. The Morgan fingerprint density at radius 2 is 1.96 bits per heavy atom. The Morgan fingerprint density at radius 3 is 2.54 bits per heavy atom. The van der Waals surface area contributed by atoms with E-state index >= 15 is 0 Å². The molecular weight excluding hydrogens is 445 g/mol. The van der Waals surface area contributed by atoms with Crippen LogP contribution in [-0.4, -0.2) is 23.9 Å². The number of pyridine rings is 1. The van der Waals surface area contributed by atoms with Crippen LogP contribution in [0.5, 0.6) is 0 Å². The second kappa shape index (κ2) is 6.60. The summed E-state index contributed by atoms with van der Waals surface area (Å²) in [6, 6.07) is 5.92. The summed E-state index contributed by atoms with van der Waals surface area (Å²) < 4.78 is 41.3. The van der Waals surface area contributed by atoms with Gasteiger partial charge in [-0.3, -0.25) is 4.98 Å². The average molecular weight is 461 g/mol. The predicted octanol–water partition coefficient (Wildman–Crippen LogP) is 4.86. The fourth-order valence-electron chi connectivity index (χ4n) is 2.48. The number of halogens is 3. The van der Waals surface area contributed by atoms with Gasteiger partial charge in [0.15, 0.2) is 0 Å². The smallest absolute Gasteiger partial charge is 0.242 e. The van der Waals surface area contributed by atoms with Crippen molar-refractivity contribution >= 4 is 48.5 Å². The van der Waals surface area contributed by atoms with Gasteiger partial charge in [-0.2, -0.15) is 0 Å². The van der Waals surface area contributed by atoms with E-state index in [9.17, 15) is 12.8 Å². The maximum atomic E-state index is 13.8. The number of hydrogen-bond donors (Lipinski definition) is 2. The van der Waals surface area contributed by atoms with E-state index in [-0.39, 0.29) is 4.90 Å². The van der Waals surface area contributed by atoms with Crippen LogP contribution >= 0.6 is 27.5 Å². The van der Waals surface area contributed by atoms with Gasteiger partial charge in [0.05, 0.1) is 20.9 Å². The largest absolute Gasteiger partial charge is 0.352 e. The van der Waals surface area contributed by atoms with Crippen LogP contribution in [0.15, 0.2) is 39.8 Å². The molecule has 1 aromatic carbocycles. The Balaban J connectivity index is 2.02. The van der Waals surface area contributed by atoms with Gasteiger partial charge in [0, 0.05) is 22.6 Å². The molecule has 26 heavy (non-hydrogen) atoms. The number of fused-ring (bicyclic) bond motifs is 1. The van der Waals surface area contributed by atoms with Gasteiger partial charge in [0.25, 0.3) is 0 Å². The van der Waals surface area contributed by atoms with Crippen molar-refractivity contribution in [2.75, 3.05) is 0 Å². The number of sulfonamides is 1. The van der Waals surface area contributed by atoms with Gasteiger partial charge in [-0.15, -0.1) is 0 Å². The fraction of sp³-hybridized carbons (Fsp3) is 0.235. The number of aromatic nitrogens is 2. The molecule has 0 amide bonds. The van der Waals surface area contributed by atoms with Crippen molar-refractivity contribution in [1.82, 2.24) is 14.7 Å². The molecule has 2 heterocycles. The number of H-pyrrole nitrogens is 1. The van der Waals surface area contributed by atoms with Crippen LogP contribution in [0.1, 0.15) is 20.8 Å². The van der Waals surface area contributed by atoms with Crippen LogP contribution in [0.4, 0.5) is 4.39 Å². The second-order valence-corrected chi connectivity index (χ2v) is 9.78. The van der Waals surface area contributed by atoms with E-state index in [2.05, 4.69) is 30.6 Å². The molecule has 0 aliphatic rings. The normalized spacial score (nSPS) is 12.7. The lowest BCUT2D eigenvalue weighted by atomic mass is 10.1. The summed E-state index contributed by atoms with van der Waals surface area (Å²) in [6.07, 6.45) is 1.27. The van der Waals surface area contributed by atoms with Crippen molar-refractivity contribution in [3.05, 3.63) is 45.8 Å². The Bertz CT molecular complexity index is 1090. The summed E-state index contributed by atoms with van der Waals surface area (Å²) in [7, 11) is -3.67.